The molecule has 0 aliphatic heterocycles. The third kappa shape index (κ3) is 2.82. The lowest BCUT2D eigenvalue weighted by atomic mass is 9.82. The van der Waals surface area contributed by atoms with Crippen molar-refractivity contribution < 1.29 is 15.0 Å². The van der Waals surface area contributed by atoms with Gasteiger partial charge in [0.05, 0.1) is 5.92 Å². The van der Waals surface area contributed by atoms with Crippen molar-refractivity contribution >= 4 is 5.97 Å². The summed E-state index contributed by atoms with van der Waals surface area (Å²) < 4.78 is 0. The van der Waals surface area contributed by atoms with Crippen LogP contribution in [0.5, 0.6) is 5.75 Å². The average molecular weight is 251 g/mol. The number of nitrogens with two attached hydrogens (primary N) is 1. The van der Waals surface area contributed by atoms with E-state index in [9.17, 15) is 9.90 Å². The van der Waals surface area contributed by atoms with E-state index in [1.165, 1.54) is 0 Å². The Labute approximate surface area is 107 Å². The quantitative estimate of drug-likeness (QED) is 0.768. The number of rotatable bonds is 3. The van der Waals surface area contributed by atoms with Crippen LogP contribution in [0.4, 0.5) is 0 Å². The molecule has 0 radical (unpaired) electrons. The first-order chi connectivity index (χ1) is 8.18. The zero-order valence-corrected chi connectivity index (χ0v) is 11.3. The lowest BCUT2D eigenvalue weighted by Gasteiger charge is -2.24. The van der Waals surface area contributed by atoms with E-state index in [1.807, 2.05) is 33.8 Å². The number of aromatic hydroxyl groups is 1. The smallest absolute Gasteiger partial charge is 0.312 e. The van der Waals surface area contributed by atoms with Gasteiger partial charge in [0.15, 0.2) is 0 Å². The molecule has 0 amide bonds. The SMILES string of the molecule is Cc1cc(C(CN)C(=O)O)c(O)c(C(C)(C)C)c1. The summed E-state index contributed by atoms with van der Waals surface area (Å²) in [6, 6.07) is 3.57. The van der Waals surface area contributed by atoms with E-state index in [0.717, 1.165) is 11.1 Å². The van der Waals surface area contributed by atoms with Gasteiger partial charge in [-0.2, -0.15) is 0 Å². The first-order valence-electron chi connectivity index (χ1n) is 5.95. The molecule has 1 rings (SSSR count). The van der Waals surface area contributed by atoms with Crippen molar-refractivity contribution in [2.75, 3.05) is 6.54 Å². The monoisotopic (exact) mass is 251 g/mol. The fourth-order valence-corrected chi connectivity index (χ4v) is 2.00. The van der Waals surface area contributed by atoms with Crippen LogP contribution in [0.15, 0.2) is 12.1 Å². The highest BCUT2D eigenvalue weighted by Gasteiger charge is 2.27. The second-order valence-electron chi connectivity index (χ2n) is 5.63. The first kappa shape index (κ1) is 14.5. The minimum absolute atomic E-state index is 0.0318. The van der Waals surface area contributed by atoms with Gasteiger partial charge >= 0.3 is 5.97 Å². The topological polar surface area (TPSA) is 83.6 Å². The Morgan fingerprint density at radius 1 is 1.39 bits per heavy atom. The van der Waals surface area contributed by atoms with Gasteiger partial charge in [0.1, 0.15) is 5.75 Å². The molecule has 4 N–H and O–H groups in total. The van der Waals surface area contributed by atoms with Crippen molar-refractivity contribution in [3.8, 4) is 5.75 Å². The molecule has 1 unspecified atom stereocenters. The van der Waals surface area contributed by atoms with Gasteiger partial charge < -0.3 is 15.9 Å². The van der Waals surface area contributed by atoms with Crippen LogP contribution in [0.2, 0.25) is 0 Å². The lowest BCUT2D eigenvalue weighted by molar-refractivity contribution is -0.138. The molecule has 18 heavy (non-hydrogen) atoms. The van der Waals surface area contributed by atoms with Crippen LogP contribution in [0.1, 0.15) is 43.4 Å². The van der Waals surface area contributed by atoms with Crippen LogP contribution in [0.3, 0.4) is 0 Å². The molecule has 4 heteroatoms. The molecule has 0 saturated heterocycles. The molecule has 4 nitrogen and oxygen atoms in total. The Morgan fingerprint density at radius 3 is 2.33 bits per heavy atom. The highest BCUT2D eigenvalue weighted by molar-refractivity contribution is 5.78. The molecule has 0 aliphatic rings. The first-order valence-corrected chi connectivity index (χ1v) is 5.95. The number of hydrogen-bond donors (Lipinski definition) is 3. The Balaban J connectivity index is 3.46. The number of carboxylic acid groups (broad SMARTS) is 1. The molecule has 1 aromatic rings. The molecule has 0 aliphatic carbocycles. The Morgan fingerprint density at radius 2 is 1.94 bits per heavy atom. The van der Waals surface area contributed by atoms with E-state index in [0.29, 0.717) is 5.56 Å². The predicted octanol–water partition coefficient (Wildman–Crippen LogP) is 2.13. The summed E-state index contributed by atoms with van der Waals surface area (Å²) in [5, 5.41) is 19.4. The number of hydrogen-bond acceptors (Lipinski definition) is 3. The summed E-state index contributed by atoms with van der Waals surface area (Å²) in [6.07, 6.45) is 0. The Hall–Kier alpha value is -1.55. The maximum Gasteiger partial charge on any atom is 0.312 e. The summed E-state index contributed by atoms with van der Waals surface area (Å²) in [4.78, 5) is 11.2. The van der Waals surface area contributed by atoms with Crippen LogP contribution in [0, 0.1) is 6.92 Å². The lowest BCUT2D eigenvalue weighted by Crippen LogP contribution is -2.22. The largest absolute Gasteiger partial charge is 0.507 e. The van der Waals surface area contributed by atoms with Crippen LogP contribution in [-0.2, 0) is 10.2 Å². The van der Waals surface area contributed by atoms with Gasteiger partial charge in [0.25, 0.3) is 0 Å². The molecule has 0 spiro atoms. The van der Waals surface area contributed by atoms with Crippen molar-refractivity contribution in [3.05, 3.63) is 28.8 Å². The van der Waals surface area contributed by atoms with E-state index >= 15 is 0 Å². The van der Waals surface area contributed by atoms with Gasteiger partial charge in [-0.15, -0.1) is 0 Å². The maximum absolute atomic E-state index is 11.2. The van der Waals surface area contributed by atoms with Gasteiger partial charge in [-0.25, -0.2) is 0 Å². The van der Waals surface area contributed by atoms with Gasteiger partial charge in [0, 0.05) is 12.1 Å². The van der Waals surface area contributed by atoms with Crippen molar-refractivity contribution in [3.63, 3.8) is 0 Å². The van der Waals surface area contributed by atoms with Crippen LogP contribution in [-0.4, -0.2) is 22.7 Å². The highest BCUT2D eigenvalue weighted by Crippen LogP contribution is 2.37. The molecule has 0 heterocycles. The number of carbonyl (C=O) groups is 1. The summed E-state index contributed by atoms with van der Waals surface area (Å²) in [5.41, 5.74) is 7.31. The van der Waals surface area contributed by atoms with Crippen LogP contribution in [0.25, 0.3) is 0 Å². The number of phenols is 1. The minimum Gasteiger partial charge on any atom is -0.507 e. The Bertz CT molecular complexity index is 461. The summed E-state index contributed by atoms with van der Waals surface area (Å²) in [7, 11) is 0. The zero-order chi connectivity index (χ0) is 14.1. The molecule has 0 aromatic heterocycles. The second kappa shape index (κ2) is 4.98. The van der Waals surface area contributed by atoms with Crippen LogP contribution < -0.4 is 5.73 Å². The number of aryl methyl sites for hydroxylation is 1. The molecule has 0 bridgehead atoms. The van der Waals surface area contributed by atoms with Gasteiger partial charge in [-0.1, -0.05) is 38.5 Å². The summed E-state index contributed by atoms with van der Waals surface area (Å²) in [6.45, 7) is 7.78. The second-order valence-corrected chi connectivity index (χ2v) is 5.63. The standard InChI is InChI=1S/C14H21NO3/c1-8-5-9(10(7-15)13(17)18)12(16)11(6-8)14(2,3)4/h5-6,10,16H,7,15H2,1-4H3,(H,17,18). The van der Waals surface area contributed by atoms with Gasteiger partial charge in [-0.3, -0.25) is 4.79 Å². The molecule has 100 valence electrons. The fraction of sp³-hybridized carbons (Fsp3) is 0.500. The fourth-order valence-electron chi connectivity index (χ4n) is 2.00. The van der Waals surface area contributed by atoms with E-state index < -0.39 is 11.9 Å². The van der Waals surface area contributed by atoms with Crippen molar-refractivity contribution in [1.82, 2.24) is 0 Å². The zero-order valence-electron chi connectivity index (χ0n) is 11.3. The van der Waals surface area contributed by atoms with Gasteiger partial charge in [-0.05, 0) is 17.9 Å². The van der Waals surface area contributed by atoms with Crippen molar-refractivity contribution in [2.24, 2.45) is 5.73 Å². The van der Waals surface area contributed by atoms with E-state index in [2.05, 4.69) is 0 Å². The summed E-state index contributed by atoms with van der Waals surface area (Å²) in [5.74, 6) is -1.84. The molecule has 0 fully saturated rings. The van der Waals surface area contributed by atoms with Crippen molar-refractivity contribution in [1.29, 1.82) is 0 Å². The molecule has 1 aromatic carbocycles. The van der Waals surface area contributed by atoms with Crippen LogP contribution >= 0.6 is 0 Å². The Kier molecular flexibility index (Phi) is 4.02. The van der Waals surface area contributed by atoms with Gasteiger partial charge in [0.2, 0.25) is 0 Å². The average Bonchev–Trinajstić information content (AvgIpc) is 2.21. The predicted molar refractivity (Wildman–Crippen MR) is 71.0 cm³/mol. The molecular weight excluding hydrogens is 230 g/mol. The summed E-state index contributed by atoms with van der Waals surface area (Å²) >= 11 is 0. The molecular formula is C14H21NO3. The van der Waals surface area contributed by atoms with Crippen molar-refractivity contribution in [2.45, 2.75) is 39.0 Å². The normalized spacial score (nSPS) is 13.4. The molecule has 0 saturated carbocycles. The third-order valence-electron chi connectivity index (χ3n) is 3.00. The van der Waals surface area contributed by atoms with E-state index in [-0.39, 0.29) is 17.7 Å². The number of aliphatic carboxylic acids is 1. The van der Waals surface area contributed by atoms with E-state index in [4.69, 9.17) is 10.8 Å². The maximum atomic E-state index is 11.2. The highest BCUT2D eigenvalue weighted by atomic mass is 16.4. The van der Waals surface area contributed by atoms with E-state index in [1.54, 1.807) is 6.07 Å². The number of carboxylic acids is 1. The number of phenolic OH excluding ortho intramolecular Hbond substituents is 1. The molecule has 1 atom stereocenters. The third-order valence-corrected chi connectivity index (χ3v) is 3.00. The minimum atomic E-state index is -1.02. The number of benzene rings is 1.